The van der Waals surface area contributed by atoms with Crippen molar-refractivity contribution in [2.24, 2.45) is 5.92 Å². The highest BCUT2D eigenvalue weighted by Crippen LogP contribution is 2.24. The van der Waals surface area contributed by atoms with E-state index in [2.05, 4.69) is 10.3 Å². The third kappa shape index (κ3) is 5.18. The Bertz CT molecular complexity index is 1240. The first-order valence-corrected chi connectivity index (χ1v) is 11.3. The molecule has 5 N–H and O–H groups in total. The number of benzene rings is 1. The number of nitrogens with one attached hydrogen (secondary N) is 2. The van der Waals surface area contributed by atoms with Crippen LogP contribution in [0.25, 0.3) is 5.69 Å². The van der Waals surface area contributed by atoms with Crippen LogP contribution in [0.3, 0.4) is 0 Å². The lowest BCUT2D eigenvalue weighted by molar-refractivity contribution is -0.589. The van der Waals surface area contributed by atoms with E-state index >= 15 is 0 Å². The number of nitrogens with zero attached hydrogens (tertiary/aromatic N) is 2. The number of rotatable bonds is 8. The topological polar surface area (TPSA) is 117 Å². The number of pyridine rings is 2. The number of aromatic nitrogens is 2. The Kier molecular flexibility index (Phi) is 7.69. The van der Waals surface area contributed by atoms with E-state index in [0.29, 0.717) is 36.0 Å². The van der Waals surface area contributed by atoms with Crippen molar-refractivity contribution in [3.05, 3.63) is 81.1 Å². The lowest BCUT2D eigenvalue weighted by Gasteiger charge is -2.31. The fourth-order valence-electron chi connectivity index (χ4n) is 4.00. The number of hydrogen-bond acceptors (Lipinski definition) is 6. The minimum atomic E-state index is -0.425. The van der Waals surface area contributed by atoms with Crippen LogP contribution in [-0.4, -0.2) is 46.7 Å². The minimum absolute atomic E-state index is 0.0335. The molecule has 0 saturated carbocycles. The summed E-state index contributed by atoms with van der Waals surface area (Å²) < 4.78 is 20.8. The number of halogens is 2. The molecule has 1 aliphatic heterocycles. The van der Waals surface area contributed by atoms with Gasteiger partial charge in [0.1, 0.15) is 29.4 Å². The average Bonchev–Trinajstić information content (AvgIpc) is 2.85. The standard InChI is InChI=1S/C24H25ClFN5O3/c25-18-12-29-23(30-21-14-34-8-6-16(21)13-32)9-22(18)31-7-5-20(17(10-27)24(31)33)28-11-15-3-1-2-4-19(15)26/h1-5,7,9-10,12,16,21,27-28,32H,6,8,11,13-14H2,(H,29,30)/p+1. The second-order valence-corrected chi connectivity index (χ2v) is 8.49. The molecule has 1 saturated heterocycles. The average molecular weight is 487 g/mol. The molecule has 34 heavy (non-hydrogen) atoms. The normalized spacial score (nSPS) is 18.0. The van der Waals surface area contributed by atoms with Gasteiger partial charge in [0.25, 0.3) is 5.56 Å². The van der Waals surface area contributed by atoms with Gasteiger partial charge in [-0.25, -0.2) is 9.37 Å². The summed E-state index contributed by atoms with van der Waals surface area (Å²) >= 11 is 6.37. The number of aliphatic hydroxyl groups excluding tert-OH is 1. The molecule has 0 spiro atoms. The Labute approximate surface area is 200 Å². The molecule has 178 valence electrons. The second-order valence-electron chi connectivity index (χ2n) is 8.08. The molecule has 1 aliphatic rings. The van der Waals surface area contributed by atoms with Gasteiger partial charge in [-0.3, -0.25) is 9.36 Å². The van der Waals surface area contributed by atoms with E-state index in [-0.39, 0.29) is 41.5 Å². The van der Waals surface area contributed by atoms with Gasteiger partial charge in [0, 0.05) is 49.2 Å². The van der Waals surface area contributed by atoms with Gasteiger partial charge in [-0.15, -0.1) is 0 Å². The van der Waals surface area contributed by atoms with Gasteiger partial charge >= 0.3 is 0 Å². The van der Waals surface area contributed by atoms with Crippen molar-refractivity contribution < 1.29 is 19.6 Å². The van der Waals surface area contributed by atoms with Crippen LogP contribution in [0, 0.1) is 17.1 Å². The van der Waals surface area contributed by atoms with Crippen LogP contribution in [0.4, 0.5) is 15.9 Å². The molecule has 2 aromatic heterocycles. The zero-order chi connectivity index (χ0) is 24.1. The highest BCUT2D eigenvalue weighted by Gasteiger charge is 2.25. The Hall–Kier alpha value is -3.11. The maximum Gasteiger partial charge on any atom is 0.270 e. The molecule has 3 aromatic rings. The summed E-state index contributed by atoms with van der Waals surface area (Å²) in [5, 5.41) is 22.7. The van der Waals surface area contributed by atoms with Crippen LogP contribution in [0.2, 0.25) is 5.02 Å². The second kappa shape index (κ2) is 10.9. The Balaban J connectivity index is 1.61. The van der Waals surface area contributed by atoms with Gasteiger partial charge in [0.2, 0.25) is 0 Å². The van der Waals surface area contributed by atoms with E-state index in [1.54, 1.807) is 41.8 Å². The summed E-state index contributed by atoms with van der Waals surface area (Å²) in [7, 11) is 0. The van der Waals surface area contributed by atoms with Gasteiger partial charge in [-0.1, -0.05) is 29.8 Å². The number of quaternary nitrogens is 1. The maximum absolute atomic E-state index is 14.0. The predicted molar refractivity (Wildman–Crippen MR) is 128 cm³/mol. The molecule has 8 nitrogen and oxygen atoms in total. The molecule has 2 unspecified atom stereocenters. The number of ether oxygens (including phenoxy) is 1. The van der Waals surface area contributed by atoms with Crippen molar-refractivity contribution in [2.45, 2.75) is 19.0 Å². The molecule has 4 rings (SSSR count). The van der Waals surface area contributed by atoms with Gasteiger partial charge in [-0.2, -0.15) is 0 Å². The quantitative estimate of drug-likeness (QED) is 0.364. The fraction of sp³-hybridized carbons (Fsp3) is 0.292. The van der Waals surface area contributed by atoms with E-state index in [9.17, 15) is 14.3 Å². The van der Waals surface area contributed by atoms with Crippen LogP contribution in [-0.2, 0) is 11.3 Å². The van der Waals surface area contributed by atoms with Crippen molar-refractivity contribution in [3.63, 3.8) is 0 Å². The molecule has 0 aliphatic carbocycles. The molecule has 10 heteroatoms. The molecular formula is C24H26ClFN5O3+. The smallest absolute Gasteiger partial charge is 0.270 e. The maximum atomic E-state index is 14.0. The van der Waals surface area contributed by atoms with E-state index in [4.69, 9.17) is 21.7 Å². The summed E-state index contributed by atoms with van der Waals surface area (Å²) in [5.41, 5.74) is 1.19. The Morgan fingerprint density at radius 1 is 1.38 bits per heavy atom. The van der Waals surface area contributed by atoms with Crippen molar-refractivity contribution >= 4 is 29.3 Å². The number of nitrogens with two attached hydrogens (primary N) is 1. The van der Waals surface area contributed by atoms with E-state index in [0.717, 1.165) is 12.6 Å². The zero-order valence-corrected chi connectivity index (χ0v) is 19.1. The molecular weight excluding hydrogens is 461 g/mol. The highest BCUT2D eigenvalue weighted by molar-refractivity contribution is 6.32. The SMILES string of the molecule is N=Cc1c([NH2+]Cc2ccccc2F)ccn(-c2cc(NC3COCCC3CO)ncc2Cl)c1=O. The molecule has 0 radical (unpaired) electrons. The van der Waals surface area contributed by atoms with Gasteiger partial charge in [-0.05, 0) is 12.5 Å². The van der Waals surface area contributed by atoms with E-state index in [1.807, 2.05) is 0 Å². The van der Waals surface area contributed by atoms with E-state index in [1.165, 1.54) is 16.8 Å². The molecule has 1 aromatic carbocycles. The lowest BCUT2D eigenvalue weighted by Crippen LogP contribution is -2.77. The van der Waals surface area contributed by atoms with Crippen LogP contribution >= 0.6 is 11.6 Å². The van der Waals surface area contributed by atoms with E-state index < -0.39 is 5.56 Å². The number of aliphatic hydroxyl groups is 1. The van der Waals surface area contributed by atoms with Crippen LogP contribution in [0.5, 0.6) is 0 Å². The summed E-state index contributed by atoms with van der Waals surface area (Å²) in [5.74, 6) is 0.205. The van der Waals surface area contributed by atoms with Gasteiger partial charge < -0.3 is 25.9 Å². The van der Waals surface area contributed by atoms with Crippen molar-refractivity contribution in [2.75, 3.05) is 25.1 Å². The highest BCUT2D eigenvalue weighted by atomic mass is 35.5. The Morgan fingerprint density at radius 2 is 2.21 bits per heavy atom. The predicted octanol–water partition coefficient (Wildman–Crippen LogP) is 2.23. The van der Waals surface area contributed by atoms with Crippen molar-refractivity contribution in [1.82, 2.24) is 9.55 Å². The summed E-state index contributed by atoms with van der Waals surface area (Å²) in [6.07, 6.45) is 4.76. The lowest BCUT2D eigenvalue weighted by atomic mass is 9.96. The molecule has 3 heterocycles. The van der Waals surface area contributed by atoms with Gasteiger partial charge in [0.15, 0.2) is 0 Å². The van der Waals surface area contributed by atoms with Crippen molar-refractivity contribution in [3.8, 4) is 5.69 Å². The van der Waals surface area contributed by atoms with Crippen LogP contribution in [0.1, 0.15) is 17.5 Å². The molecule has 0 bridgehead atoms. The monoisotopic (exact) mass is 486 g/mol. The molecule has 2 atom stereocenters. The van der Waals surface area contributed by atoms with Crippen molar-refractivity contribution in [1.29, 1.82) is 5.41 Å². The molecule has 1 fully saturated rings. The zero-order valence-electron chi connectivity index (χ0n) is 18.4. The third-order valence-corrected chi connectivity index (χ3v) is 6.26. The number of hydrogen-bond donors (Lipinski definition) is 4. The Morgan fingerprint density at radius 3 is 2.97 bits per heavy atom. The first-order valence-electron chi connectivity index (χ1n) is 11.0. The fourth-order valence-corrected chi connectivity index (χ4v) is 4.20. The summed E-state index contributed by atoms with van der Waals surface area (Å²) in [6, 6.07) is 9.67. The minimum Gasteiger partial charge on any atom is -0.396 e. The van der Waals surface area contributed by atoms with Crippen LogP contribution in [0.15, 0.2) is 53.6 Å². The summed E-state index contributed by atoms with van der Waals surface area (Å²) in [4.78, 5) is 17.5. The molecule has 0 amide bonds. The first-order chi connectivity index (χ1) is 16.5. The van der Waals surface area contributed by atoms with Crippen LogP contribution < -0.4 is 16.2 Å². The largest absolute Gasteiger partial charge is 0.396 e. The summed E-state index contributed by atoms with van der Waals surface area (Å²) in [6.45, 7) is 1.37. The van der Waals surface area contributed by atoms with Gasteiger partial charge in [0.05, 0.1) is 29.6 Å². The number of anilines is 1. The first kappa shape index (κ1) is 24.0. The third-order valence-electron chi connectivity index (χ3n) is 5.97.